The van der Waals surface area contributed by atoms with E-state index in [2.05, 4.69) is 17.2 Å². The molecule has 0 radical (unpaired) electrons. The van der Waals surface area contributed by atoms with Crippen molar-refractivity contribution in [2.45, 2.75) is 6.42 Å². The lowest BCUT2D eigenvalue weighted by atomic mass is 10.4. The first-order valence-electron chi connectivity index (χ1n) is 3.52. The Bertz CT molecular complexity index is 76.0. The first-order chi connectivity index (χ1) is 4.91. The van der Waals surface area contributed by atoms with Gasteiger partial charge in [0.2, 0.25) is 0 Å². The zero-order valence-corrected chi connectivity index (χ0v) is 6.95. The standard InChI is InChI=1S/C7H15ClN2/c1-2-9-5-3-6-10-7-4-8/h2,9-10H,1,3-7H2. The van der Waals surface area contributed by atoms with E-state index < -0.39 is 0 Å². The molecule has 0 amide bonds. The van der Waals surface area contributed by atoms with E-state index in [0.717, 1.165) is 26.1 Å². The normalized spacial score (nSPS) is 9.30. The molecule has 0 aromatic rings. The minimum atomic E-state index is 0.689. The Hall–Kier alpha value is -0.210. The summed E-state index contributed by atoms with van der Waals surface area (Å²) in [5, 5.41) is 6.20. The molecule has 0 saturated carbocycles. The van der Waals surface area contributed by atoms with Gasteiger partial charge in [-0.2, -0.15) is 0 Å². The minimum absolute atomic E-state index is 0.689. The van der Waals surface area contributed by atoms with E-state index in [1.54, 1.807) is 6.20 Å². The predicted octanol–water partition coefficient (Wildman–Crippen LogP) is 0.938. The second kappa shape index (κ2) is 8.79. The molecule has 10 heavy (non-hydrogen) atoms. The van der Waals surface area contributed by atoms with Gasteiger partial charge >= 0.3 is 0 Å². The summed E-state index contributed by atoms with van der Waals surface area (Å²) in [7, 11) is 0. The molecule has 0 aromatic heterocycles. The van der Waals surface area contributed by atoms with Crippen molar-refractivity contribution in [2.75, 3.05) is 25.5 Å². The fraction of sp³-hybridized carbons (Fsp3) is 0.714. The van der Waals surface area contributed by atoms with E-state index in [0.29, 0.717) is 5.88 Å². The van der Waals surface area contributed by atoms with Crippen molar-refractivity contribution in [3.8, 4) is 0 Å². The van der Waals surface area contributed by atoms with E-state index in [4.69, 9.17) is 11.6 Å². The van der Waals surface area contributed by atoms with Gasteiger partial charge in [-0.3, -0.25) is 0 Å². The third-order valence-electron chi connectivity index (χ3n) is 1.09. The van der Waals surface area contributed by atoms with Crippen LogP contribution >= 0.6 is 11.6 Å². The summed E-state index contributed by atoms with van der Waals surface area (Å²) in [6.45, 7) is 6.45. The molecule has 0 aliphatic rings. The van der Waals surface area contributed by atoms with Crippen LogP contribution in [0.15, 0.2) is 12.8 Å². The molecule has 0 fully saturated rings. The molecule has 0 rings (SSSR count). The van der Waals surface area contributed by atoms with Crippen LogP contribution in [0.25, 0.3) is 0 Å². The summed E-state index contributed by atoms with van der Waals surface area (Å²) in [5.41, 5.74) is 0. The SMILES string of the molecule is C=CNCCCNCCCl. The van der Waals surface area contributed by atoms with Crippen LogP contribution in [0.3, 0.4) is 0 Å². The highest BCUT2D eigenvalue weighted by Crippen LogP contribution is 1.74. The Morgan fingerprint density at radius 3 is 2.70 bits per heavy atom. The van der Waals surface area contributed by atoms with Gasteiger partial charge in [0.15, 0.2) is 0 Å². The summed E-state index contributed by atoms with van der Waals surface area (Å²) in [5.74, 6) is 0.689. The van der Waals surface area contributed by atoms with Crippen LogP contribution < -0.4 is 10.6 Å². The maximum absolute atomic E-state index is 5.45. The highest BCUT2D eigenvalue weighted by molar-refractivity contribution is 6.18. The number of halogens is 1. The van der Waals surface area contributed by atoms with Gasteiger partial charge in [-0.15, -0.1) is 11.6 Å². The Morgan fingerprint density at radius 2 is 2.10 bits per heavy atom. The molecule has 0 spiro atoms. The quantitative estimate of drug-likeness (QED) is 0.430. The Labute approximate surface area is 67.6 Å². The van der Waals surface area contributed by atoms with Gasteiger partial charge in [-0.25, -0.2) is 0 Å². The van der Waals surface area contributed by atoms with Crippen LogP contribution in [-0.2, 0) is 0 Å². The number of hydrogen-bond acceptors (Lipinski definition) is 2. The smallest absolute Gasteiger partial charge is 0.0348 e. The molecule has 0 saturated heterocycles. The second-order valence-electron chi connectivity index (χ2n) is 1.95. The van der Waals surface area contributed by atoms with E-state index in [9.17, 15) is 0 Å². The lowest BCUT2D eigenvalue weighted by Gasteiger charge is -2.01. The first-order valence-corrected chi connectivity index (χ1v) is 4.06. The molecular formula is C7H15ClN2. The fourth-order valence-electron chi connectivity index (χ4n) is 0.609. The molecule has 2 nitrogen and oxygen atoms in total. The molecule has 0 aromatic carbocycles. The Morgan fingerprint density at radius 1 is 1.30 bits per heavy atom. The molecule has 0 aliphatic carbocycles. The molecule has 0 unspecified atom stereocenters. The highest BCUT2D eigenvalue weighted by atomic mass is 35.5. The summed E-state index contributed by atoms with van der Waals surface area (Å²) in [4.78, 5) is 0. The Balaban J connectivity index is 2.70. The molecule has 0 bridgehead atoms. The second-order valence-corrected chi connectivity index (χ2v) is 2.33. The topological polar surface area (TPSA) is 24.1 Å². The van der Waals surface area contributed by atoms with Crippen LogP contribution in [0.5, 0.6) is 0 Å². The molecule has 2 N–H and O–H groups in total. The fourth-order valence-corrected chi connectivity index (χ4v) is 0.743. The summed E-state index contributed by atoms with van der Waals surface area (Å²) in [6, 6.07) is 0. The van der Waals surface area contributed by atoms with Crippen LogP contribution in [-0.4, -0.2) is 25.5 Å². The minimum Gasteiger partial charge on any atom is -0.391 e. The van der Waals surface area contributed by atoms with Crippen molar-refractivity contribution in [1.82, 2.24) is 10.6 Å². The number of nitrogens with one attached hydrogen (secondary N) is 2. The largest absolute Gasteiger partial charge is 0.391 e. The van der Waals surface area contributed by atoms with Crippen LogP contribution in [0.4, 0.5) is 0 Å². The van der Waals surface area contributed by atoms with E-state index in [-0.39, 0.29) is 0 Å². The monoisotopic (exact) mass is 162 g/mol. The zero-order chi connectivity index (χ0) is 7.66. The van der Waals surface area contributed by atoms with Crippen LogP contribution in [0.2, 0.25) is 0 Å². The maximum Gasteiger partial charge on any atom is 0.0348 e. The van der Waals surface area contributed by atoms with E-state index in [1.807, 2.05) is 0 Å². The molecular weight excluding hydrogens is 148 g/mol. The van der Waals surface area contributed by atoms with Gasteiger partial charge in [0, 0.05) is 19.0 Å². The van der Waals surface area contributed by atoms with Crippen molar-refractivity contribution in [2.24, 2.45) is 0 Å². The third kappa shape index (κ3) is 7.79. The molecule has 0 aliphatic heterocycles. The third-order valence-corrected chi connectivity index (χ3v) is 1.28. The summed E-state index contributed by atoms with van der Waals surface area (Å²) >= 11 is 5.45. The molecule has 3 heteroatoms. The van der Waals surface area contributed by atoms with Gasteiger partial charge in [-0.05, 0) is 19.2 Å². The zero-order valence-electron chi connectivity index (χ0n) is 6.20. The predicted molar refractivity (Wildman–Crippen MR) is 46.4 cm³/mol. The van der Waals surface area contributed by atoms with Crippen molar-refractivity contribution >= 4 is 11.6 Å². The van der Waals surface area contributed by atoms with Crippen molar-refractivity contribution in [1.29, 1.82) is 0 Å². The van der Waals surface area contributed by atoms with E-state index in [1.165, 1.54) is 0 Å². The molecule has 0 heterocycles. The van der Waals surface area contributed by atoms with Gasteiger partial charge in [0.05, 0.1) is 0 Å². The van der Waals surface area contributed by atoms with E-state index >= 15 is 0 Å². The van der Waals surface area contributed by atoms with Gasteiger partial charge in [0.1, 0.15) is 0 Å². The summed E-state index contributed by atoms with van der Waals surface area (Å²) in [6.07, 6.45) is 2.82. The molecule has 0 atom stereocenters. The van der Waals surface area contributed by atoms with Crippen LogP contribution in [0.1, 0.15) is 6.42 Å². The van der Waals surface area contributed by atoms with Gasteiger partial charge in [0.25, 0.3) is 0 Å². The van der Waals surface area contributed by atoms with Crippen molar-refractivity contribution in [3.05, 3.63) is 12.8 Å². The first kappa shape index (κ1) is 9.79. The maximum atomic E-state index is 5.45. The number of alkyl halides is 1. The Kier molecular flexibility index (Phi) is 8.61. The average Bonchev–Trinajstić information content (AvgIpc) is 1.97. The summed E-state index contributed by atoms with van der Waals surface area (Å²) < 4.78 is 0. The molecule has 60 valence electrons. The van der Waals surface area contributed by atoms with Crippen molar-refractivity contribution in [3.63, 3.8) is 0 Å². The number of rotatable bonds is 7. The van der Waals surface area contributed by atoms with Crippen LogP contribution in [0, 0.1) is 0 Å². The number of hydrogen-bond donors (Lipinski definition) is 2. The van der Waals surface area contributed by atoms with Crippen molar-refractivity contribution < 1.29 is 0 Å². The highest BCUT2D eigenvalue weighted by Gasteiger charge is 1.84. The lowest BCUT2D eigenvalue weighted by Crippen LogP contribution is -2.21. The average molecular weight is 163 g/mol. The van der Waals surface area contributed by atoms with Gasteiger partial charge in [-0.1, -0.05) is 6.58 Å². The van der Waals surface area contributed by atoms with Gasteiger partial charge < -0.3 is 10.6 Å². The lowest BCUT2D eigenvalue weighted by molar-refractivity contribution is 0.655.